The summed E-state index contributed by atoms with van der Waals surface area (Å²) in [5, 5.41) is 0. The van der Waals surface area contributed by atoms with Gasteiger partial charge in [-0.15, -0.1) is 0 Å². The summed E-state index contributed by atoms with van der Waals surface area (Å²) in [5.74, 6) is -0.869. The van der Waals surface area contributed by atoms with Gasteiger partial charge in [-0.2, -0.15) is 0 Å². The van der Waals surface area contributed by atoms with E-state index in [1.165, 1.54) is 122 Å². The highest BCUT2D eigenvalue weighted by atomic mass is 16.6. The molecule has 0 aromatic carbocycles. The quantitative estimate of drug-likeness (QED) is 0.0381. The van der Waals surface area contributed by atoms with Crippen LogP contribution >= 0.6 is 0 Å². The van der Waals surface area contributed by atoms with Crippen LogP contribution < -0.4 is 0 Å². The van der Waals surface area contributed by atoms with Crippen LogP contribution in [0.25, 0.3) is 0 Å². The smallest absolute Gasteiger partial charge is 0.306 e. The molecule has 46 heavy (non-hydrogen) atoms. The Morgan fingerprint density at radius 1 is 0.348 bits per heavy atom. The van der Waals surface area contributed by atoms with E-state index in [0.717, 1.165) is 57.8 Å². The first kappa shape index (κ1) is 44.4. The number of unbranched alkanes of at least 4 members (excludes halogenated alkanes) is 25. The zero-order valence-electron chi connectivity index (χ0n) is 30.9. The van der Waals surface area contributed by atoms with Gasteiger partial charge in [-0.1, -0.05) is 181 Å². The summed E-state index contributed by atoms with van der Waals surface area (Å²) in [6.45, 7) is 6.57. The molecule has 0 aliphatic rings. The van der Waals surface area contributed by atoms with Crippen LogP contribution in [0.15, 0.2) is 0 Å². The topological polar surface area (TPSA) is 78.9 Å². The second-order valence-corrected chi connectivity index (χ2v) is 13.6. The highest BCUT2D eigenvalue weighted by Crippen LogP contribution is 2.14. The SMILES string of the molecule is CCCCCCCCCCCCCC(=O)OCC(COC(=O)CCCCCCCCC)OC(=O)CCCCCCCCCCCC. The van der Waals surface area contributed by atoms with Gasteiger partial charge in [0.15, 0.2) is 6.10 Å². The molecule has 0 aliphatic carbocycles. The Bertz CT molecular complexity index is 679. The molecular weight excluding hydrogens is 576 g/mol. The van der Waals surface area contributed by atoms with Crippen molar-refractivity contribution < 1.29 is 28.6 Å². The minimum atomic E-state index is -0.755. The van der Waals surface area contributed by atoms with Crippen LogP contribution in [0.5, 0.6) is 0 Å². The lowest BCUT2D eigenvalue weighted by atomic mass is 10.1. The molecule has 0 radical (unpaired) electrons. The van der Waals surface area contributed by atoms with Gasteiger partial charge in [-0.05, 0) is 19.3 Å². The number of carbonyl (C=O) groups is 3. The first-order valence-electron chi connectivity index (χ1n) is 20.0. The standard InChI is InChI=1S/C40H76O6/c1-4-7-10-13-16-18-20-22-24-27-30-33-39(42)45-36-37(35-44-38(41)32-29-26-23-15-12-9-6-3)46-40(43)34-31-28-25-21-19-17-14-11-8-5-2/h37H,4-36H2,1-3H3. The van der Waals surface area contributed by atoms with Gasteiger partial charge in [-0.3, -0.25) is 14.4 Å². The van der Waals surface area contributed by atoms with Gasteiger partial charge in [0.25, 0.3) is 0 Å². The van der Waals surface area contributed by atoms with Crippen LogP contribution in [0.4, 0.5) is 0 Å². The van der Waals surface area contributed by atoms with Gasteiger partial charge in [0.05, 0.1) is 0 Å². The number of hydrogen-bond donors (Lipinski definition) is 0. The van der Waals surface area contributed by atoms with Crippen molar-refractivity contribution in [1.82, 2.24) is 0 Å². The molecule has 0 rings (SSSR count). The summed E-state index contributed by atoms with van der Waals surface area (Å²) in [5.41, 5.74) is 0. The van der Waals surface area contributed by atoms with Crippen LogP contribution in [-0.4, -0.2) is 37.2 Å². The lowest BCUT2D eigenvalue weighted by molar-refractivity contribution is -0.167. The first-order valence-corrected chi connectivity index (χ1v) is 20.0. The lowest BCUT2D eigenvalue weighted by Gasteiger charge is -2.18. The van der Waals surface area contributed by atoms with Gasteiger partial charge in [-0.25, -0.2) is 0 Å². The summed E-state index contributed by atoms with van der Waals surface area (Å²) in [6, 6.07) is 0. The molecule has 0 spiro atoms. The van der Waals surface area contributed by atoms with Gasteiger partial charge in [0.1, 0.15) is 13.2 Å². The van der Waals surface area contributed by atoms with Gasteiger partial charge < -0.3 is 14.2 Å². The molecule has 0 aromatic heterocycles. The maximum Gasteiger partial charge on any atom is 0.306 e. The minimum absolute atomic E-state index is 0.0641. The molecule has 0 amide bonds. The highest BCUT2D eigenvalue weighted by Gasteiger charge is 2.19. The first-order chi connectivity index (χ1) is 22.5. The van der Waals surface area contributed by atoms with E-state index >= 15 is 0 Å². The maximum absolute atomic E-state index is 12.6. The van der Waals surface area contributed by atoms with E-state index in [4.69, 9.17) is 14.2 Å². The van der Waals surface area contributed by atoms with Crippen molar-refractivity contribution in [1.29, 1.82) is 0 Å². The Kier molecular flexibility index (Phi) is 35.0. The molecule has 0 saturated carbocycles. The number of carbonyl (C=O) groups excluding carboxylic acids is 3. The second-order valence-electron chi connectivity index (χ2n) is 13.6. The van der Waals surface area contributed by atoms with Crippen molar-refractivity contribution in [3.05, 3.63) is 0 Å². The Balaban J connectivity index is 4.31. The highest BCUT2D eigenvalue weighted by molar-refractivity contribution is 5.71. The third kappa shape index (κ3) is 33.8. The normalized spacial score (nSPS) is 11.8. The Hall–Kier alpha value is -1.59. The van der Waals surface area contributed by atoms with E-state index in [0.29, 0.717) is 19.3 Å². The molecular formula is C40H76O6. The van der Waals surface area contributed by atoms with E-state index in [1.807, 2.05) is 0 Å². The van der Waals surface area contributed by atoms with Crippen molar-refractivity contribution >= 4 is 17.9 Å². The Morgan fingerprint density at radius 2 is 0.587 bits per heavy atom. The van der Waals surface area contributed by atoms with Crippen molar-refractivity contribution in [3.63, 3.8) is 0 Å². The maximum atomic E-state index is 12.6. The van der Waals surface area contributed by atoms with Crippen molar-refractivity contribution in [3.8, 4) is 0 Å². The van der Waals surface area contributed by atoms with E-state index < -0.39 is 6.10 Å². The molecule has 6 nitrogen and oxygen atoms in total. The molecule has 0 N–H and O–H groups in total. The fraction of sp³-hybridized carbons (Fsp3) is 0.925. The third-order valence-corrected chi connectivity index (χ3v) is 8.86. The number of esters is 3. The van der Waals surface area contributed by atoms with Gasteiger partial charge in [0.2, 0.25) is 0 Å². The molecule has 0 aromatic rings. The van der Waals surface area contributed by atoms with E-state index in [1.54, 1.807) is 0 Å². The van der Waals surface area contributed by atoms with Crippen LogP contribution in [0.3, 0.4) is 0 Å². The van der Waals surface area contributed by atoms with E-state index in [9.17, 15) is 14.4 Å². The summed E-state index contributed by atoms with van der Waals surface area (Å²) in [7, 11) is 0. The predicted molar refractivity (Wildman–Crippen MR) is 192 cm³/mol. The largest absolute Gasteiger partial charge is 0.462 e. The van der Waals surface area contributed by atoms with Crippen LogP contribution in [0, 0.1) is 0 Å². The fourth-order valence-corrected chi connectivity index (χ4v) is 5.79. The molecule has 0 fully saturated rings. The zero-order chi connectivity index (χ0) is 33.8. The molecule has 272 valence electrons. The molecule has 1 atom stereocenters. The molecule has 0 saturated heterocycles. The average molecular weight is 653 g/mol. The van der Waals surface area contributed by atoms with E-state index in [-0.39, 0.29) is 31.1 Å². The number of ether oxygens (including phenoxy) is 3. The van der Waals surface area contributed by atoms with E-state index in [2.05, 4.69) is 20.8 Å². The van der Waals surface area contributed by atoms with Crippen molar-refractivity contribution in [2.75, 3.05) is 13.2 Å². The summed E-state index contributed by atoms with van der Waals surface area (Å²) < 4.78 is 16.6. The number of rotatable bonds is 36. The average Bonchev–Trinajstić information content (AvgIpc) is 3.05. The fourth-order valence-electron chi connectivity index (χ4n) is 5.79. The minimum Gasteiger partial charge on any atom is -0.462 e. The summed E-state index contributed by atoms with van der Waals surface area (Å²) in [6.07, 6.45) is 33.8. The van der Waals surface area contributed by atoms with Gasteiger partial charge >= 0.3 is 17.9 Å². The zero-order valence-corrected chi connectivity index (χ0v) is 30.9. The monoisotopic (exact) mass is 653 g/mol. The molecule has 0 aliphatic heterocycles. The Morgan fingerprint density at radius 3 is 0.870 bits per heavy atom. The number of hydrogen-bond acceptors (Lipinski definition) is 6. The van der Waals surface area contributed by atoms with Crippen molar-refractivity contribution in [2.45, 2.75) is 226 Å². The van der Waals surface area contributed by atoms with Crippen LogP contribution in [0.1, 0.15) is 220 Å². The lowest BCUT2D eigenvalue weighted by Crippen LogP contribution is -2.30. The summed E-state index contributed by atoms with van der Waals surface area (Å²) in [4.78, 5) is 37.3. The predicted octanol–water partition coefficient (Wildman–Crippen LogP) is 12.1. The third-order valence-electron chi connectivity index (χ3n) is 8.86. The van der Waals surface area contributed by atoms with Crippen LogP contribution in [-0.2, 0) is 28.6 Å². The molecule has 0 heterocycles. The Labute approximate surface area is 285 Å². The molecule has 1 unspecified atom stereocenters. The molecule has 0 bridgehead atoms. The van der Waals surface area contributed by atoms with Gasteiger partial charge in [0, 0.05) is 19.3 Å². The molecule has 6 heteroatoms. The second kappa shape index (κ2) is 36.2. The van der Waals surface area contributed by atoms with Crippen LogP contribution in [0.2, 0.25) is 0 Å². The summed E-state index contributed by atoms with van der Waals surface area (Å²) >= 11 is 0. The van der Waals surface area contributed by atoms with Crippen molar-refractivity contribution in [2.24, 2.45) is 0 Å².